The van der Waals surface area contributed by atoms with E-state index >= 15 is 0 Å². The molecule has 0 radical (unpaired) electrons. The first kappa shape index (κ1) is 13.6. The number of carbonyl (C=O) groups is 1. The van der Waals surface area contributed by atoms with Gasteiger partial charge >= 0.3 is 0 Å². The second-order valence-electron chi connectivity index (χ2n) is 3.74. The van der Waals surface area contributed by atoms with Crippen LogP contribution in [0.3, 0.4) is 0 Å². The summed E-state index contributed by atoms with van der Waals surface area (Å²) < 4.78 is 12.9. The molecule has 0 aliphatic heterocycles. The van der Waals surface area contributed by atoms with Gasteiger partial charge in [-0.1, -0.05) is 23.2 Å². The molecule has 1 amide bonds. The average molecular weight is 300 g/mol. The first-order chi connectivity index (χ1) is 8.97. The Morgan fingerprint density at radius 2 is 1.84 bits per heavy atom. The molecule has 0 spiro atoms. The molecule has 6 heteroatoms. The number of halogens is 3. The topological polar surface area (TPSA) is 49.3 Å². The fourth-order valence-electron chi connectivity index (χ4n) is 1.43. The molecule has 0 unspecified atom stereocenters. The third-order valence-electron chi connectivity index (χ3n) is 2.39. The number of aromatic hydroxyl groups is 1. The molecule has 0 aliphatic rings. The minimum Gasteiger partial charge on any atom is -0.506 e. The van der Waals surface area contributed by atoms with E-state index < -0.39 is 11.7 Å². The highest BCUT2D eigenvalue weighted by Gasteiger charge is 2.10. The van der Waals surface area contributed by atoms with Gasteiger partial charge in [0.1, 0.15) is 11.6 Å². The summed E-state index contributed by atoms with van der Waals surface area (Å²) in [6.07, 6.45) is 0. The molecule has 3 nitrogen and oxygen atoms in total. The van der Waals surface area contributed by atoms with Gasteiger partial charge in [0.25, 0.3) is 5.91 Å². The molecular weight excluding hydrogens is 292 g/mol. The third-order valence-corrected chi connectivity index (χ3v) is 3.00. The number of rotatable bonds is 2. The Bertz CT molecular complexity index is 647. The van der Waals surface area contributed by atoms with Crippen LogP contribution in [-0.4, -0.2) is 11.0 Å². The number of hydrogen-bond acceptors (Lipinski definition) is 2. The van der Waals surface area contributed by atoms with Crippen LogP contribution in [-0.2, 0) is 0 Å². The lowest BCUT2D eigenvalue weighted by Crippen LogP contribution is -2.12. The Balaban J connectivity index is 2.23. The van der Waals surface area contributed by atoms with Crippen molar-refractivity contribution in [2.45, 2.75) is 0 Å². The van der Waals surface area contributed by atoms with Crippen molar-refractivity contribution < 1.29 is 14.3 Å². The van der Waals surface area contributed by atoms with Crippen molar-refractivity contribution in [1.29, 1.82) is 0 Å². The Kier molecular flexibility index (Phi) is 3.93. The van der Waals surface area contributed by atoms with Crippen LogP contribution in [0.5, 0.6) is 5.75 Å². The smallest absolute Gasteiger partial charge is 0.255 e. The zero-order valence-corrected chi connectivity index (χ0v) is 11.0. The summed E-state index contributed by atoms with van der Waals surface area (Å²) in [7, 11) is 0. The van der Waals surface area contributed by atoms with Crippen molar-refractivity contribution in [3.63, 3.8) is 0 Å². The highest BCUT2D eigenvalue weighted by Crippen LogP contribution is 2.26. The van der Waals surface area contributed by atoms with E-state index in [2.05, 4.69) is 5.32 Å². The molecule has 2 N–H and O–H groups in total. The summed E-state index contributed by atoms with van der Waals surface area (Å²) in [4.78, 5) is 11.9. The Labute approximate surface area is 118 Å². The van der Waals surface area contributed by atoms with Crippen LogP contribution in [0.25, 0.3) is 0 Å². The minimum absolute atomic E-state index is 0.0675. The molecule has 0 saturated carbocycles. The Morgan fingerprint density at radius 1 is 1.11 bits per heavy atom. The van der Waals surface area contributed by atoms with Crippen molar-refractivity contribution in [2.75, 3.05) is 5.32 Å². The van der Waals surface area contributed by atoms with Gasteiger partial charge in [0.05, 0.1) is 15.7 Å². The van der Waals surface area contributed by atoms with Gasteiger partial charge in [-0.3, -0.25) is 4.79 Å². The maximum Gasteiger partial charge on any atom is 0.255 e. The van der Waals surface area contributed by atoms with E-state index in [0.29, 0.717) is 0 Å². The van der Waals surface area contributed by atoms with E-state index in [9.17, 15) is 14.3 Å². The molecule has 0 bridgehead atoms. The number of phenolic OH excluding ortho intramolecular Hbond substituents is 1. The van der Waals surface area contributed by atoms with Gasteiger partial charge in [0, 0.05) is 5.56 Å². The lowest BCUT2D eigenvalue weighted by molar-refractivity contribution is 0.102. The van der Waals surface area contributed by atoms with Gasteiger partial charge < -0.3 is 10.4 Å². The van der Waals surface area contributed by atoms with E-state index in [4.69, 9.17) is 23.2 Å². The van der Waals surface area contributed by atoms with Gasteiger partial charge in [-0.25, -0.2) is 4.39 Å². The SMILES string of the molecule is O=C(Nc1ccc(F)cc1Cl)c1ccc(O)c(Cl)c1. The highest BCUT2D eigenvalue weighted by atomic mass is 35.5. The predicted octanol–water partition coefficient (Wildman–Crippen LogP) is 4.09. The quantitative estimate of drug-likeness (QED) is 0.877. The van der Waals surface area contributed by atoms with Crippen LogP contribution in [0, 0.1) is 5.82 Å². The number of nitrogens with one attached hydrogen (secondary N) is 1. The van der Waals surface area contributed by atoms with Crippen molar-refractivity contribution in [2.24, 2.45) is 0 Å². The van der Waals surface area contributed by atoms with Crippen LogP contribution in [0.2, 0.25) is 10.0 Å². The summed E-state index contributed by atoms with van der Waals surface area (Å²) in [6.45, 7) is 0. The first-order valence-electron chi connectivity index (χ1n) is 5.22. The zero-order chi connectivity index (χ0) is 14.0. The van der Waals surface area contributed by atoms with Gasteiger partial charge in [0.15, 0.2) is 0 Å². The summed E-state index contributed by atoms with van der Waals surface area (Å²) in [6, 6.07) is 7.69. The van der Waals surface area contributed by atoms with Crippen LogP contribution >= 0.6 is 23.2 Å². The Hall–Kier alpha value is -1.78. The Morgan fingerprint density at radius 3 is 2.47 bits per heavy atom. The van der Waals surface area contributed by atoms with Crippen LogP contribution in [0.15, 0.2) is 36.4 Å². The van der Waals surface area contributed by atoms with Gasteiger partial charge in [-0.2, -0.15) is 0 Å². The molecule has 0 aliphatic carbocycles. The van der Waals surface area contributed by atoms with Crippen molar-refractivity contribution in [3.8, 4) is 5.75 Å². The zero-order valence-electron chi connectivity index (χ0n) is 9.45. The minimum atomic E-state index is -0.490. The van der Waals surface area contributed by atoms with Crippen molar-refractivity contribution in [3.05, 3.63) is 57.8 Å². The third kappa shape index (κ3) is 3.16. The normalized spacial score (nSPS) is 10.3. The summed E-state index contributed by atoms with van der Waals surface area (Å²) in [5.74, 6) is -1.07. The second-order valence-corrected chi connectivity index (χ2v) is 4.56. The number of amides is 1. The standard InChI is InChI=1S/C13H8Cl2FNO2/c14-9-6-8(16)2-3-11(9)17-13(19)7-1-4-12(18)10(15)5-7/h1-6,18H,(H,17,19). The number of anilines is 1. The molecule has 0 aromatic heterocycles. The molecule has 0 atom stereocenters. The summed E-state index contributed by atoms with van der Waals surface area (Å²) in [5, 5.41) is 11.9. The van der Waals surface area contributed by atoms with Crippen LogP contribution in [0.4, 0.5) is 10.1 Å². The first-order valence-corrected chi connectivity index (χ1v) is 5.98. The van der Waals surface area contributed by atoms with Crippen LogP contribution in [0.1, 0.15) is 10.4 Å². The fraction of sp³-hybridized carbons (Fsp3) is 0. The number of phenols is 1. The molecule has 98 valence electrons. The molecule has 2 aromatic carbocycles. The summed E-state index contributed by atoms with van der Waals surface area (Å²) in [5.41, 5.74) is 0.542. The maximum atomic E-state index is 12.9. The van der Waals surface area contributed by atoms with E-state index in [1.165, 1.54) is 30.3 Å². The van der Waals surface area contributed by atoms with E-state index in [-0.39, 0.29) is 27.0 Å². The largest absolute Gasteiger partial charge is 0.506 e. The van der Waals surface area contributed by atoms with Gasteiger partial charge in [-0.05, 0) is 36.4 Å². The monoisotopic (exact) mass is 299 g/mol. The number of carbonyl (C=O) groups excluding carboxylic acids is 1. The predicted molar refractivity (Wildman–Crippen MR) is 72.5 cm³/mol. The molecule has 0 fully saturated rings. The maximum absolute atomic E-state index is 12.9. The van der Waals surface area contributed by atoms with Crippen molar-refractivity contribution in [1.82, 2.24) is 0 Å². The molecule has 0 heterocycles. The van der Waals surface area contributed by atoms with E-state index in [1.54, 1.807) is 0 Å². The number of hydrogen-bond donors (Lipinski definition) is 2. The van der Waals surface area contributed by atoms with E-state index in [0.717, 1.165) is 6.07 Å². The van der Waals surface area contributed by atoms with E-state index in [1.807, 2.05) is 0 Å². The van der Waals surface area contributed by atoms with Crippen molar-refractivity contribution >= 4 is 34.8 Å². The summed E-state index contributed by atoms with van der Waals surface area (Å²) >= 11 is 11.5. The van der Waals surface area contributed by atoms with Gasteiger partial charge in [-0.15, -0.1) is 0 Å². The lowest BCUT2D eigenvalue weighted by atomic mass is 10.2. The second kappa shape index (κ2) is 5.47. The molecule has 0 saturated heterocycles. The number of benzene rings is 2. The fourth-order valence-corrected chi connectivity index (χ4v) is 1.83. The highest BCUT2D eigenvalue weighted by molar-refractivity contribution is 6.34. The lowest BCUT2D eigenvalue weighted by Gasteiger charge is -2.08. The molecule has 2 rings (SSSR count). The average Bonchev–Trinajstić information content (AvgIpc) is 2.36. The molecule has 19 heavy (non-hydrogen) atoms. The van der Waals surface area contributed by atoms with Gasteiger partial charge in [0.2, 0.25) is 0 Å². The molecular formula is C13H8Cl2FNO2. The molecule has 2 aromatic rings. The van der Waals surface area contributed by atoms with Crippen LogP contribution < -0.4 is 5.32 Å².